The molecule has 0 bridgehead atoms. The maximum absolute atomic E-state index is 6.06. The van der Waals surface area contributed by atoms with Crippen LogP contribution in [0, 0.1) is 5.92 Å². The van der Waals surface area contributed by atoms with Gasteiger partial charge in [-0.3, -0.25) is 0 Å². The molecule has 114 valence electrons. The van der Waals surface area contributed by atoms with Gasteiger partial charge in [0.2, 0.25) is 5.82 Å². The van der Waals surface area contributed by atoms with Crippen molar-refractivity contribution in [2.24, 2.45) is 5.92 Å². The summed E-state index contributed by atoms with van der Waals surface area (Å²) in [7, 11) is 0. The van der Waals surface area contributed by atoms with Crippen LogP contribution in [0.4, 0.5) is 6.01 Å². The van der Waals surface area contributed by atoms with E-state index >= 15 is 0 Å². The summed E-state index contributed by atoms with van der Waals surface area (Å²) in [6, 6.07) is 0.511. The Balaban J connectivity index is 2.12. The Hall–Kier alpha value is -1.10. The maximum atomic E-state index is 6.06. The van der Waals surface area contributed by atoms with Crippen LogP contribution in [-0.2, 0) is 10.3 Å². The number of aromatic nitrogens is 2. The number of hydrogen-bond acceptors (Lipinski definition) is 5. The first-order valence-corrected chi connectivity index (χ1v) is 7.88. The quantitative estimate of drug-likeness (QED) is 0.805. The molecular formula is C15H27N3O2. The van der Waals surface area contributed by atoms with Gasteiger partial charge < -0.3 is 14.6 Å². The highest BCUT2D eigenvalue weighted by Crippen LogP contribution is 2.38. The molecule has 20 heavy (non-hydrogen) atoms. The highest BCUT2D eigenvalue weighted by molar-refractivity contribution is 5.20. The normalized spacial score (nSPS) is 19.0. The molecule has 1 aliphatic rings. The lowest BCUT2D eigenvalue weighted by Crippen LogP contribution is -2.30. The van der Waals surface area contributed by atoms with E-state index in [1.54, 1.807) is 0 Å². The Kier molecular flexibility index (Phi) is 5.40. The summed E-state index contributed by atoms with van der Waals surface area (Å²) in [4.78, 5) is 4.52. The van der Waals surface area contributed by atoms with E-state index in [2.05, 4.69) is 29.3 Å². The molecule has 5 heteroatoms. The molecule has 0 unspecified atom stereocenters. The van der Waals surface area contributed by atoms with Crippen molar-refractivity contribution < 1.29 is 9.26 Å². The lowest BCUT2D eigenvalue weighted by Gasteiger charge is -2.29. The second kappa shape index (κ2) is 7.07. The number of ether oxygens (including phenoxy) is 1. The Bertz CT molecular complexity index is 396. The predicted octanol–water partition coefficient (Wildman–Crippen LogP) is 3.72. The lowest BCUT2D eigenvalue weighted by molar-refractivity contribution is -0.0636. The van der Waals surface area contributed by atoms with Crippen LogP contribution in [-0.4, -0.2) is 23.3 Å². The van der Waals surface area contributed by atoms with Crippen molar-refractivity contribution in [2.45, 2.75) is 64.9 Å². The second-order valence-electron chi connectivity index (χ2n) is 6.04. The van der Waals surface area contributed by atoms with Gasteiger partial charge in [-0.15, -0.1) is 0 Å². The average molecular weight is 281 g/mol. The zero-order valence-corrected chi connectivity index (χ0v) is 12.9. The van der Waals surface area contributed by atoms with Gasteiger partial charge >= 0.3 is 6.01 Å². The molecule has 0 aliphatic heterocycles. The molecule has 1 saturated carbocycles. The van der Waals surface area contributed by atoms with Crippen molar-refractivity contribution in [3.05, 3.63) is 5.82 Å². The predicted molar refractivity (Wildman–Crippen MR) is 78.6 cm³/mol. The number of hydrogen-bond donors (Lipinski definition) is 1. The van der Waals surface area contributed by atoms with Gasteiger partial charge in [0.25, 0.3) is 0 Å². The second-order valence-corrected chi connectivity index (χ2v) is 6.04. The Labute approximate surface area is 121 Å². The highest BCUT2D eigenvalue weighted by Gasteiger charge is 2.38. The molecule has 1 aliphatic carbocycles. The summed E-state index contributed by atoms with van der Waals surface area (Å²) in [6.07, 6.45) is 6.86. The molecule has 0 spiro atoms. The standard InChI is InChI=1S/C15H27N3O2/c1-4-19-15(9-7-5-6-8-10-15)13-17-14(20-18-13)16-11-12(2)3/h12H,4-11H2,1-3H3,(H,16,17,18). The number of nitrogens with zero attached hydrogens (tertiary/aromatic N) is 2. The fourth-order valence-electron chi connectivity index (χ4n) is 2.78. The molecule has 2 rings (SSSR count). The molecule has 1 heterocycles. The average Bonchev–Trinajstić information content (AvgIpc) is 2.78. The van der Waals surface area contributed by atoms with Crippen LogP contribution >= 0.6 is 0 Å². The van der Waals surface area contributed by atoms with Gasteiger partial charge in [0.1, 0.15) is 5.60 Å². The van der Waals surface area contributed by atoms with Crippen molar-refractivity contribution in [3.63, 3.8) is 0 Å². The zero-order chi connectivity index (χ0) is 14.4. The van der Waals surface area contributed by atoms with Crippen LogP contribution < -0.4 is 5.32 Å². The smallest absolute Gasteiger partial charge is 0.321 e. The minimum Gasteiger partial charge on any atom is -0.367 e. The zero-order valence-electron chi connectivity index (χ0n) is 12.9. The van der Waals surface area contributed by atoms with Crippen LogP contribution in [0.1, 0.15) is 65.1 Å². The SMILES string of the molecule is CCOC1(c2noc(NCC(C)C)n2)CCCCCC1. The molecule has 0 amide bonds. The summed E-state index contributed by atoms with van der Waals surface area (Å²) in [5.74, 6) is 1.26. The maximum Gasteiger partial charge on any atom is 0.321 e. The van der Waals surface area contributed by atoms with Crippen molar-refractivity contribution in [1.82, 2.24) is 10.1 Å². The Morgan fingerprint density at radius 3 is 2.55 bits per heavy atom. The van der Waals surface area contributed by atoms with Gasteiger partial charge in [-0.05, 0) is 25.7 Å². The van der Waals surface area contributed by atoms with E-state index in [1.165, 1.54) is 25.7 Å². The van der Waals surface area contributed by atoms with E-state index in [9.17, 15) is 0 Å². The van der Waals surface area contributed by atoms with Crippen LogP contribution in [0.5, 0.6) is 0 Å². The van der Waals surface area contributed by atoms with Gasteiger partial charge in [0.05, 0.1) is 0 Å². The minimum atomic E-state index is -0.341. The molecule has 0 radical (unpaired) electrons. The van der Waals surface area contributed by atoms with Crippen molar-refractivity contribution in [1.29, 1.82) is 0 Å². The molecule has 0 atom stereocenters. The van der Waals surface area contributed by atoms with Crippen LogP contribution in [0.15, 0.2) is 4.52 Å². The van der Waals surface area contributed by atoms with E-state index < -0.39 is 0 Å². The monoisotopic (exact) mass is 281 g/mol. The van der Waals surface area contributed by atoms with Gasteiger partial charge in [0.15, 0.2) is 0 Å². The third-order valence-corrected chi connectivity index (χ3v) is 3.83. The topological polar surface area (TPSA) is 60.2 Å². The van der Waals surface area contributed by atoms with Gasteiger partial charge in [-0.1, -0.05) is 44.7 Å². The molecule has 1 fully saturated rings. The molecule has 5 nitrogen and oxygen atoms in total. The van der Waals surface area contributed by atoms with Gasteiger partial charge in [0, 0.05) is 13.2 Å². The lowest BCUT2D eigenvalue weighted by atomic mass is 9.93. The van der Waals surface area contributed by atoms with E-state index in [4.69, 9.17) is 9.26 Å². The van der Waals surface area contributed by atoms with E-state index in [-0.39, 0.29) is 5.60 Å². The summed E-state index contributed by atoms with van der Waals surface area (Å²) in [5, 5.41) is 7.36. The largest absolute Gasteiger partial charge is 0.367 e. The van der Waals surface area contributed by atoms with Crippen LogP contribution in [0.3, 0.4) is 0 Å². The van der Waals surface area contributed by atoms with Gasteiger partial charge in [-0.2, -0.15) is 4.98 Å². The number of anilines is 1. The summed E-state index contributed by atoms with van der Waals surface area (Å²) >= 11 is 0. The van der Waals surface area contributed by atoms with Crippen molar-refractivity contribution >= 4 is 6.01 Å². The number of rotatable bonds is 6. The summed E-state index contributed by atoms with van der Waals surface area (Å²) in [6.45, 7) is 7.85. The summed E-state index contributed by atoms with van der Waals surface area (Å²) in [5.41, 5.74) is -0.341. The Morgan fingerprint density at radius 1 is 1.25 bits per heavy atom. The Morgan fingerprint density at radius 2 is 1.95 bits per heavy atom. The highest BCUT2D eigenvalue weighted by atomic mass is 16.5. The first kappa shape index (κ1) is 15.3. The van der Waals surface area contributed by atoms with E-state index in [1.807, 2.05) is 6.92 Å². The summed E-state index contributed by atoms with van der Waals surface area (Å²) < 4.78 is 11.4. The third kappa shape index (κ3) is 3.72. The molecule has 0 saturated heterocycles. The minimum absolute atomic E-state index is 0.341. The van der Waals surface area contributed by atoms with Gasteiger partial charge in [-0.25, -0.2) is 0 Å². The first-order chi connectivity index (χ1) is 9.66. The van der Waals surface area contributed by atoms with Crippen molar-refractivity contribution in [3.8, 4) is 0 Å². The molecule has 1 aromatic heterocycles. The molecular weight excluding hydrogens is 254 g/mol. The van der Waals surface area contributed by atoms with E-state index in [0.717, 1.165) is 19.4 Å². The fraction of sp³-hybridized carbons (Fsp3) is 0.867. The van der Waals surface area contributed by atoms with Crippen molar-refractivity contribution in [2.75, 3.05) is 18.5 Å². The third-order valence-electron chi connectivity index (χ3n) is 3.83. The van der Waals surface area contributed by atoms with Crippen LogP contribution in [0.2, 0.25) is 0 Å². The fourth-order valence-corrected chi connectivity index (χ4v) is 2.78. The molecule has 1 aromatic rings. The molecule has 1 N–H and O–H groups in total. The molecule has 0 aromatic carbocycles. The van der Waals surface area contributed by atoms with Crippen LogP contribution in [0.25, 0.3) is 0 Å². The first-order valence-electron chi connectivity index (χ1n) is 7.88. The number of nitrogens with one attached hydrogen (secondary N) is 1. The van der Waals surface area contributed by atoms with E-state index in [0.29, 0.717) is 24.4 Å².